The van der Waals surface area contributed by atoms with E-state index in [4.69, 9.17) is 4.74 Å². The van der Waals surface area contributed by atoms with Crippen LogP contribution in [0.15, 0.2) is 4.99 Å². The lowest BCUT2D eigenvalue weighted by Crippen LogP contribution is -2.21. The van der Waals surface area contributed by atoms with Crippen LogP contribution in [0.5, 0.6) is 0 Å². The van der Waals surface area contributed by atoms with Crippen LogP contribution >= 0.6 is 0 Å². The molecule has 2 rings (SSSR count). The number of hydrogen-bond donors (Lipinski definition) is 0. The lowest BCUT2D eigenvalue weighted by Gasteiger charge is -2.11. The molecule has 0 aromatic rings. The lowest BCUT2D eigenvalue weighted by atomic mass is 10.1. The van der Waals surface area contributed by atoms with E-state index >= 15 is 0 Å². The van der Waals surface area contributed by atoms with Gasteiger partial charge in [-0.1, -0.05) is 0 Å². The predicted molar refractivity (Wildman–Crippen MR) is 39.0 cm³/mol. The minimum Gasteiger partial charge on any atom is -0.376 e. The maximum atomic E-state index is 10.0. The van der Waals surface area contributed by atoms with Gasteiger partial charge in [-0.05, 0) is 25.2 Å². The number of isocyanates is 1. The quantitative estimate of drug-likeness (QED) is 0.436. The number of rotatable bonds is 2. The zero-order valence-corrected chi connectivity index (χ0v) is 6.32. The molecule has 0 amide bonds. The molecule has 60 valence electrons. The molecule has 2 unspecified atom stereocenters. The largest absolute Gasteiger partial charge is 0.376 e. The molecule has 3 nitrogen and oxygen atoms in total. The highest BCUT2D eigenvalue weighted by Crippen LogP contribution is 2.39. The van der Waals surface area contributed by atoms with E-state index in [1.54, 1.807) is 6.08 Å². The van der Waals surface area contributed by atoms with E-state index in [1.807, 2.05) is 0 Å². The molecule has 1 saturated carbocycles. The Morgan fingerprint density at radius 1 is 1.36 bits per heavy atom. The van der Waals surface area contributed by atoms with Crippen LogP contribution in [0.25, 0.3) is 0 Å². The Morgan fingerprint density at radius 2 is 2.18 bits per heavy atom. The van der Waals surface area contributed by atoms with Crippen LogP contribution in [0.3, 0.4) is 0 Å². The molecule has 2 fully saturated rings. The summed E-state index contributed by atoms with van der Waals surface area (Å²) in [7, 11) is 0. The van der Waals surface area contributed by atoms with Crippen molar-refractivity contribution in [2.45, 2.75) is 31.4 Å². The molecular weight excluding hydrogens is 142 g/mol. The fourth-order valence-corrected chi connectivity index (χ4v) is 1.68. The molecule has 2 atom stereocenters. The third-order valence-corrected chi connectivity index (χ3v) is 2.41. The first-order valence-electron chi connectivity index (χ1n) is 4.10. The fourth-order valence-electron chi connectivity index (χ4n) is 1.68. The molecule has 0 aromatic heterocycles. The topological polar surface area (TPSA) is 38.7 Å². The molecule has 0 N–H and O–H groups in total. The van der Waals surface area contributed by atoms with Gasteiger partial charge in [-0.15, -0.1) is 0 Å². The summed E-state index contributed by atoms with van der Waals surface area (Å²) in [5, 5.41) is 0. The van der Waals surface area contributed by atoms with Gasteiger partial charge in [0.25, 0.3) is 0 Å². The maximum absolute atomic E-state index is 10.0. The van der Waals surface area contributed by atoms with E-state index < -0.39 is 0 Å². The van der Waals surface area contributed by atoms with Crippen molar-refractivity contribution in [2.24, 2.45) is 10.9 Å². The summed E-state index contributed by atoms with van der Waals surface area (Å²) in [6.07, 6.45) is 5.24. The number of aliphatic imine (C=N–C) groups is 1. The summed E-state index contributed by atoms with van der Waals surface area (Å²) in [5.41, 5.74) is 0. The van der Waals surface area contributed by atoms with Gasteiger partial charge in [0, 0.05) is 6.61 Å². The summed E-state index contributed by atoms with van der Waals surface area (Å²) < 4.78 is 5.47. The zero-order chi connectivity index (χ0) is 7.68. The van der Waals surface area contributed by atoms with Crippen LogP contribution in [0, 0.1) is 5.92 Å². The molecule has 1 aliphatic heterocycles. The second-order valence-corrected chi connectivity index (χ2v) is 3.25. The first-order chi connectivity index (χ1) is 5.42. The maximum Gasteiger partial charge on any atom is 0.235 e. The molecule has 0 radical (unpaired) electrons. The van der Waals surface area contributed by atoms with Crippen molar-refractivity contribution in [3.63, 3.8) is 0 Å². The van der Waals surface area contributed by atoms with Gasteiger partial charge in [0.05, 0.1) is 12.1 Å². The molecular formula is C8H11NO2. The van der Waals surface area contributed by atoms with Gasteiger partial charge in [0.1, 0.15) is 0 Å². The van der Waals surface area contributed by atoms with Crippen LogP contribution < -0.4 is 0 Å². The Hall–Kier alpha value is -0.660. The van der Waals surface area contributed by atoms with Crippen molar-refractivity contribution < 1.29 is 9.53 Å². The first-order valence-corrected chi connectivity index (χ1v) is 4.10. The lowest BCUT2D eigenvalue weighted by molar-refractivity contribution is 0.0875. The van der Waals surface area contributed by atoms with Gasteiger partial charge < -0.3 is 4.74 Å². The molecule has 0 bridgehead atoms. The minimum atomic E-state index is 0.111. The van der Waals surface area contributed by atoms with Crippen LogP contribution in [0.4, 0.5) is 0 Å². The molecule has 1 heterocycles. The first kappa shape index (κ1) is 7.01. The van der Waals surface area contributed by atoms with Crippen LogP contribution in [0.2, 0.25) is 0 Å². The number of carbonyl (C=O) groups excluding carboxylic acids is 1. The smallest absolute Gasteiger partial charge is 0.235 e. The summed E-state index contributed by atoms with van der Waals surface area (Å²) in [6, 6.07) is 0.111. The third kappa shape index (κ3) is 1.35. The van der Waals surface area contributed by atoms with Gasteiger partial charge in [0.2, 0.25) is 6.08 Å². The van der Waals surface area contributed by atoms with Gasteiger partial charge in [-0.3, -0.25) is 0 Å². The molecule has 0 spiro atoms. The second kappa shape index (κ2) is 2.76. The van der Waals surface area contributed by atoms with E-state index in [0.717, 1.165) is 13.0 Å². The van der Waals surface area contributed by atoms with E-state index in [2.05, 4.69) is 4.99 Å². The Bertz CT molecular complexity index is 194. The van der Waals surface area contributed by atoms with Crippen molar-refractivity contribution >= 4 is 6.08 Å². The number of ether oxygens (including phenoxy) is 1. The average Bonchev–Trinajstić information content (AvgIpc) is 2.75. The van der Waals surface area contributed by atoms with Crippen molar-refractivity contribution in [1.29, 1.82) is 0 Å². The Balaban J connectivity index is 2.00. The number of hydrogen-bond acceptors (Lipinski definition) is 3. The molecule has 1 aliphatic carbocycles. The van der Waals surface area contributed by atoms with Gasteiger partial charge in [-0.25, -0.2) is 4.79 Å². The van der Waals surface area contributed by atoms with Crippen molar-refractivity contribution in [3.05, 3.63) is 0 Å². The molecule has 0 aromatic carbocycles. The van der Waals surface area contributed by atoms with Crippen molar-refractivity contribution in [3.8, 4) is 0 Å². The van der Waals surface area contributed by atoms with E-state index in [9.17, 15) is 4.79 Å². The highest BCUT2D eigenvalue weighted by atomic mass is 16.5. The average molecular weight is 153 g/mol. The SMILES string of the molecule is O=C=NC1CCOC1C1CC1. The van der Waals surface area contributed by atoms with Gasteiger partial charge in [0.15, 0.2) is 0 Å². The van der Waals surface area contributed by atoms with E-state index in [1.165, 1.54) is 12.8 Å². The van der Waals surface area contributed by atoms with E-state index in [-0.39, 0.29) is 12.1 Å². The molecule has 1 saturated heterocycles. The summed E-state index contributed by atoms with van der Waals surface area (Å²) in [4.78, 5) is 13.7. The zero-order valence-electron chi connectivity index (χ0n) is 6.32. The van der Waals surface area contributed by atoms with Gasteiger partial charge in [-0.2, -0.15) is 4.99 Å². The highest BCUT2D eigenvalue weighted by Gasteiger charge is 2.40. The van der Waals surface area contributed by atoms with Crippen LogP contribution in [-0.4, -0.2) is 24.8 Å². The Labute approximate surface area is 65.5 Å². The predicted octanol–water partition coefficient (Wildman–Crippen LogP) is 0.890. The normalized spacial score (nSPS) is 36.7. The molecule has 11 heavy (non-hydrogen) atoms. The number of nitrogens with zero attached hydrogens (tertiary/aromatic N) is 1. The Morgan fingerprint density at radius 3 is 2.82 bits per heavy atom. The fraction of sp³-hybridized carbons (Fsp3) is 0.875. The van der Waals surface area contributed by atoms with Crippen molar-refractivity contribution in [2.75, 3.05) is 6.61 Å². The van der Waals surface area contributed by atoms with Crippen LogP contribution in [0.1, 0.15) is 19.3 Å². The second-order valence-electron chi connectivity index (χ2n) is 3.25. The summed E-state index contributed by atoms with van der Waals surface area (Å²) in [5.74, 6) is 0.680. The van der Waals surface area contributed by atoms with Crippen LogP contribution in [-0.2, 0) is 9.53 Å². The third-order valence-electron chi connectivity index (χ3n) is 2.41. The standard InChI is InChI=1S/C8H11NO2/c10-5-9-7-3-4-11-8(7)6-1-2-6/h6-8H,1-4H2. The Kier molecular flexibility index (Phi) is 1.76. The summed E-state index contributed by atoms with van der Waals surface area (Å²) >= 11 is 0. The molecule has 2 aliphatic rings. The van der Waals surface area contributed by atoms with Gasteiger partial charge >= 0.3 is 0 Å². The molecule has 3 heteroatoms. The summed E-state index contributed by atoms with van der Waals surface area (Å²) in [6.45, 7) is 0.761. The minimum absolute atomic E-state index is 0.111. The monoisotopic (exact) mass is 153 g/mol. The van der Waals surface area contributed by atoms with E-state index in [0.29, 0.717) is 5.92 Å². The highest BCUT2D eigenvalue weighted by molar-refractivity contribution is 5.34. The van der Waals surface area contributed by atoms with Crippen molar-refractivity contribution in [1.82, 2.24) is 0 Å².